The molecule has 0 radical (unpaired) electrons. The number of pyridine rings is 1. The Morgan fingerprint density at radius 2 is 2.00 bits per heavy atom. The molecule has 0 aliphatic carbocycles. The highest BCUT2D eigenvalue weighted by atomic mass is 16.4. The number of carboxylic acid groups (broad SMARTS) is 1. The summed E-state index contributed by atoms with van der Waals surface area (Å²) in [4.78, 5) is 27.7. The zero-order valence-electron chi connectivity index (χ0n) is 13.4. The van der Waals surface area contributed by atoms with E-state index in [1.165, 1.54) is 6.20 Å². The fraction of sp³-hybridized carbons (Fsp3) is 0.400. The molecule has 23 heavy (non-hydrogen) atoms. The fourth-order valence-corrected chi connectivity index (χ4v) is 2.27. The molecule has 1 atom stereocenters. The van der Waals surface area contributed by atoms with E-state index in [1.54, 1.807) is 51.0 Å². The highest BCUT2D eigenvalue weighted by Gasteiger charge is 2.37. The van der Waals surface area contributed by atoms with Crippen molar-refractivity contribution in [3.63, 3.8) is 0 Å². The van der Waals surface area contributed by atoms with Crippen LogP contribution in [-0.4, -0.2) is 36.7 Å². The van der Waals surface area contributed by atoms with Gasteiger partial charge in [-0.25, -0.2) is 0 Å². The van der Waals surface area contributed by atoms with Crippen molar-refractivity contribution >= 4 is 17.6 Å². The number of hydrogen-bond donors (Lipinski definition) is 2. The molecular formula is C15H19N5O3. The first-order chi connectivity index (χ1) is 10.7. The normalized spacial score (nSPS) is 12.7. The number of carbonyl (C=O) groups is 2. The Balaban J connectivity index is 2.25. The molecule has 1 amide bonds. The molecule has 2 aromatic rings. The van der Waals surface area contributed by atoms with E-state index in [2.05, 4.69) is 20.5 Å². The lowest BCUT2D eigenvalue weighted by Crippen LogP contribution is -2.39. The maximum Gasteiger partial charge on any atom is 0.316 e. The maximum absolute atomic E-state index is 12.3. The van der Waals surface area contributed by atoms with Crippen LogP contribution in [0.3, 0.4) is 0 Å². The molecule has 0 bridgehead atoms. The number of nitrogens with zero attached hydrogens (tertiary/aromatic N) is 4. The largest absolute Gasteiger partial charge is 0.481 e. The molecule has 2 N–H and O–H groups in total. The summed E-state index contributed by atoms with van der Waals surface area (Å²) in [5, 5.41) is 19.7. The van der Waals surface area contributed by atoms with Gasteiger partial charge in [0.2, 0.25) is 5.91 Å². The Bertz CT molecular complexity index is 733. The molecule has 0 fully saturated rings. The van der Waals surface area contributed by atoms with Crippen LogP contribution in [0, 0.1) is 11.3 Å². The van der Waals surface area contributed by atoms with Crippen molar-refractivity contribution < 1.29 is 14.7 Å². The van der Waals surface area contributed by atoms with Crippen molar-refractivity contribution in [2.24, 2.45) is 18.4 Å². The van der Waals surface area contributed by atoms with Gasteiger partial charge < -0.3 is 15.0 Å². The van der Waals surface area contributed by atoms with Crippen molar-refractivity contribution in [2.45, 2.75) is 20.8 Å². The minimum Gasteiger partial charge on any atom is -0.481 e. The monoisotopic (exact) mass is 317 g/mol. The second-order valence-electron chi connectivity index (χ2n) is 6.35. The highest BCUT2D eigenvalue weighted by Crippen LogP contribution is 2.28. The second kappa shape index (κ2) is 6.15. The summed E-state index contributed by atoms with van der Waals surface area (Å²) >= 11 is 0. The fourth-order valence-electron chi connectivity index (χ4n) is 2.27. The topological polar surface area (TPSA) is 110 Å². The van der Waals surface area contributed by atoms with Crippen molar-refractivity contribution in [2.75, 3.05) is 5.32 Å². The summed E-state index contributed by atoms with van der Waals surface area (Å²) in [5.41, 5.74) is 0.376. The van der Waals surface area contributed by atoms with E-state index in [1.807, 2.05) is 0 Å². The van der Waals surface area contributed by atoms with E-state index < -0.39 is 23.2 Å². The molecule has 0 aromatic carbocycles. The van der Waals surface area contributed by atoms with Crippen LogP contribution >= 0.6 is 0 Å². The molecule has 2 rings (SSSR count). The number of amides is 1. The van der Waals surface area contributed by atoms with Crippen LogP contribution < -0.4 is 5.32 Å². The van der Waals surface area contributed by atoms with Crippen molar-refractivity contribution in [3.05, 3.63) is 24.8 Å². The zero-order chi connectivity index (χ0) is 17.2. The van der Waals surface area contributed by atoms with Gasteiger partial charge in [0.1, 0.15) is 12.2 Å². The summed E-state index contributed by atoms with van der Waals surface area (Å²) in [5.74, 6) is -2.31. The smallest absolute Gasteiger partial charge is 0.316 e. The number of aliphatic carboxylic acids is 1. The third-order valence-electron chi connectivity index (χ3n) is 3.35. The third-order valence-corrected chi connectivity index (χ3v) is 3.35. The van der Waals surface area contributed by atoms with Crippen LogP contribution in [-0.2, 0) is 16.6 Å². The zero-order valence-corrected chi connectivity index (χ0v) is 13.4. The quantitative estimate of drug-likeness (QED) is 0.828. The molecule has 2 heterocycles. The van der Waals surface area contributed by atoms with E-state index in [0.717, 1.165) is 0 Å². The van der Waals surface area contributed by atoms with Gasteiger partial charge in [-0.05, 0) is 11.5 Å². The summed E-state index contributed by atoms with van der Waals surface area (Å²) in [6.07, 6.45) is 4.61. The Kier molecular flexibility index (Phi) is 4.44. The van der Waals surface area contributed by atoms with E-state index in [4.69, 9.17) is 0 Å². The first kappa shape index (κ1) is 16.6. The van der Waals surface area contributed by atoms with Crippen molar-refractivity contribution in [3.8, 4) is 11.4 Å². The SMILES string of the molecule is Cn1cnnc1-c1cncc(NC(=O)C(C(=O)O)C(C)(C)C)c1. The van der Waals surface area contributed by atoms with Gasteiger partial charge in [-0.3, -0.25) is 14.6 Å². The molecule has 0 aliphatic rings. The number of hydrogen-bond acceptors (Lipinski definition) is 5. The Labute approximate surface area is 133 Å². The predicted octanol–water partition coefficient (Wildman–Crippen LogP) is 1.56. The van der Waals surface area contributed by atoms with Crippen LogP contribution in [0.4, 0.5) is 5.69 Å². The van der Waals surface area contributed by atoms with E-state index in [-0.39, 0.29) is 0 Å². The molecule has 0 aliphatic heterocycles. The molecule has 0 saturated heterocycles. The number of aryl methyl sites for hydroxylation is 1. The molecule has 2 aromatic heterocycles. The lowest BCUT2D eigenvalue weighted by atomic mass is 9.80. The number of carboxylic acids is 1. The Hall–Kier alpha value is -2.77. The van der Waals surface area contributed by atoms with Gasteiger partial charge in [0.05, 0.1) is 11.9 Å². The molecule has 122 valence electrons. The Morgan fingerprint density at radius 3 is 2.52 bits per heavy atom. The lowest BCUT2D eigenvalue weighted by Gasteiger charge is -2.25. The standard InChI is InChI=1S/C15H19N5O3/c1-15(2,3)11(14(22)23)13(21)18-10-5-9(6-16-7-10)12-19-17-8-20(12)4/h5-8,11H,1-4H3,(H,18,21)(H,22,23). The third kappa shape index (κ3) is 3.71. The van der Waals surface area contributed by atoms with E-state index in [9.17, 15) is 14.7 Å². The van der Waals surface area contributed by atoms with Gasteiger partial charge in [-0.1, -0.05) is 20.8 Å². The number of anilines is 1. The number of carbonyl (C=O) groups excluding carboxylic acids is 1. The first-order valence-electron chi connectivity index (χ1n) is 7.03. The van der Waals surface area contributed by atoms with Gasteiger partial charge in [0.15, 0.2) is 5.82 Å². The number of rotatable bonds is 4. The Morgan fingerprint density at radius 1 is 1.30 bits per heavy atom. The highest BCUT2D eigenvalue weighted by molar-refractivity contribution is 6.04. The van der Waals surface area contributed by atoms with Crippen LogP contribution in [0.2, 0.25) is 0 Å². The average molecular weight is 317 g/mol. The summed E-state index contributed by atoms with van der Waals surface area (Å²) in [7, 11) is 1.79. The molecule has 1 unspecified atom stereocenters. The van der Waals surface area contributed by atoms with Gasteiger partial charge in [-0.15, -0.1) is 10.2 Å². The summed E-state index contributed by atoms with van der Waals surface area (Å²) in [6.45, 7) is 5.12. The van der Waals surface area contributed by atoms with Crippen LogP contribution in [0.1, 0.15) is 20.8 Å². The molecule has 8 nitrogen and oxygen atoms in total. The summed E-state index contributed by atoms with van der Waals surface area (Å²) < 4.78 is 1.72. The van der Waals surface area contributed by atoms with Crippen LogP contribution in [0.5, 0.6) is 0 Å². The van der Waals surface area contributed by atoms with Gasteiger partial charge in [0, 0.05) is 18.8 Å². The lowest BCUT2D eigenvalue weighted by molar-refractivity contribution is -0.149. The predicted molar refractivity (Wildman–Crippen MR) is 83.4 cm³/mol. The van der Waals surface area contributed by atoms with Gasteiger partial charge >= 0.3 is 5.97 Å². The minimum absolute atomic E-state index is 0.408. The number of nitrogens with one attached hydrogen (secondary N) is 1. The molecule has 8 heteroatoms. The average Bonchev–Trinajstić information content (AvgIpc) is 2.83. The second-order valence-corrected chi connectivity index (χ2v) is 6.35. The maximum atomic E-state index is 12.3. The molecule has 0 spiro atoms. The van der Waals surface area contributed by atoms with Crippen LogP contribution in [0.15, 0.2) is 24.8 Å². The van der Waals surface area contributed by atoms with Crippen molar-refractivity contribution in [1.82, 2.24) is 19.7 Å². The summed E-state index contributed by atoms with van der Waals surface area (Å²) in [6, 6.07) is 1.68. The molecular weight excluding hydrogens is 298 g/mol. The van der Waals surface area contributed by atoms with Crippen molar-refractivity contribution in [1.29, 1.82) is 0 Å². The first-order valence-corrected chi connectivity index (χ1v) is 7.03. The van der Waals surface area contributed by atoms with E-state index in [0.29, 0.717) is 17.1 Å². The van der Waals surface area contributed by atoms with E-state index >= 15 is 0 Å². The van der Waals surface area contributed by atoms with Gasteiger partial charge in [-0.2, -0.15) is 0 Å². The minimum atomic E-state index is -1.17. The molecule has 0 saturated carbocycles. The van der Waals surface area contributed by atoms with Gasteiger partial charge in [0.25, 0.3) is 0 Å². The van der Waals surface area contributed by atoms with Crippen LogP contribution in [0.25, 0.3) is 11.4 Å². The number of aromatic nitrogens is 4.